The van der Waals surface area contributed by atoms with Crippen molar-refractivity contribution >= 4 is 35.2 Å². The van der Waals surface area contributed by atoms with E-state index >= 15 is 0 Å². The van der Waals surface area contributed by atoms with Crippen LogP contribution in [0.4, 0.5) is 4.79 Å². The van der Waals surface area contributed by atoms with Gasteiger partial charge in [-0.15, -0.1) is 0 Å². The van der Waals surface area contributed by atoms with Crippen molar-refractivity contribution < 1.29 is 52.2 Å². The fourth-order valence-corrected chi connectivity index (χ4v) is 7.34. The predicted molar refractivity (Wildman–Crippen MR) is 232 cm³/mol. The molecule has 1 fully saturated rings. The van der Waals surface area contributed by atoms with Gasteiger partial charge in [0.25, 0.3) is 5.91 Å². The van der Waals surface area contributed by atoms with Crippen LogP contribution in [0, 0.1) is 0 Å². The average molecular weight is 901 g/mol. The quantitative estimate of drug-likeness (QED) is 0.0901. The van der Waals surface area contributed by atoms with Gasteiger partial charge in [-0.25, -0.2) is 9.48 Å². The number of alkyl carbamates (subject to hydrolysis) is 1. The van der Waals surface area contributed by atoms with Gasteiger partial charge in [-0.2, -0.15) is 5.10 Å². The molecule has 2 amide bonds. The van der Waals surface area contributed by atoms with Crippen molar-refractivity contribution in [1.29, 1.82) is 0 Å². The van der Waals surface area contributed by atoms with E-state index in [9.17, 15) is 9.59 Å². The first-order valence-electron chi connectivity index (χ1n) is 20.4. The van der Waals surface area contributed by atoms with Crippen LogP contribution in [0.25, 0.3) is 28.1 Å². The van der Waals surface area contributed by atoms with Crippen molar-refractivity contribution in [2.45, 2.75) is 52.4 Å². The molecule has 0 radical (unpaired) electrons. The van der Waals surface area contributed by atoms with Gasteiger partial charge >= 0.3 is 6.09 Å². The zero-order chi connectivity index (χ0) is 44.3. The Morgan fingerprint density at radius 3 is 2.16 bits per heavy atom. The molecule has 2 aliphatic heterocycles. The summed E-state index contributed by atoms with van der Waals surface area (Å²) in [6.45, 7) is 14.5. The molecule has 1 saturated heterocycles. The molecule has 0 bridgehead atoms. The van der Waals surface area contributed by atoms with Gasteiger partial charge in [-0.1, -0.05) is 23.2 Å². The topological polar surface area (TPSA) is 163 Å². The number of benzene rings is 2. The van der Waals surface area contributed by atoms with Crippen LogP contribution in [-0.2, 0) is 35.0 Å². The Kier molecular flexibility index (Phi) is 16.3. The van der Waals surface area contributed by atoms with E-state index in [0.717, 1.165) is 11.1 Å². The molecule has 0 aliphatic carbocycles. The summed E-state index contributed by atoms with van der Waals surface area (Å²) in [6.07, 6.45) is 2.89. The van der Waals surface area contributed by atoms with E-state index in [1.807, 2.05) is 52.8 Å². The molecule has 0 unspecified atom stereocenters. The third-order valence-corrected chi connectivity index (χ3v) is 10.1. The second-order valence-electron chi connectivity index (χ2n) is 16.0. The smallest absolute Gasteiger partial charge is 0.407 e. The van der Waals surface area contributed by atoms with E-state index in [-0.39, 0.29) is 24.8 Å². The Labute approximate surface area is 371 Å². The van der Waals surface area contributed by atoms with Crippen LogP contribution in [0.1, 0.15) is 50.7 Å². The van der Waals surface area contributed by atoms with Gasteiger partial charge in [0.1, 0.15) is 36.1 Å². The average Bonchev–Trinajstić information content (AvgIpc) is 3.62. The van der Waals surface area contributed by atoms with Crippen LogP contribution < -0.4 is 19.5 Å². The molecule has 62 heavy (non-hydrogen) atoms. The fourth-order valence-electron chi connectivity index (χ4n) is 6.82. The lowest BCUT2D eigenvalue weighted by Crippen LogP contribution is -2.55. The van der Waals surface area contributed by atoms with Crippen molar-refractivity contribution in [3.8, 4) is 45.3 Å². The standard InChI is InChI=1S/C44H55Cl2N5O11/c1-43(2,3)62-42(53)48-7-9-55-11-12-56-13-14-57-15-16-58-17-18-60-33-19-29(25-47-26-33)34-23-35-38(24-37(34)54-6)61-27-36-39(41(52)50-8-10-59-28-44(50,4)5)49-51(40(35)36)32-21-30(45)20-31(46)22-32/h19-26H,7-18,27-28H2,1-6H3,(H,48,53). The SMILES string of the molecule is COc1cc2c(cc1-c1cncc(OCCOCCOCCOCCOCCNC(=O)OC(C)(C)C)c1)-c1c(c(C(=O)N3CCOCC3(C)C)nn1-c1cc(Cl)cc(Cl)c1)CO2. The summed E-state index contributed by atoms with van der Waals surface area (Å²) in [5, 5.41) is 8.41. The Morgan fingerprint density at radius 1 is 0.855 bits per heavy atom. The number of ether oxygens (including phenoxy) is 9. The summed E-state index contributed by atoms with van der Waals surface area (Å²) < 4.78 is 53.0. The Bertz CT molecular complexity index is 2140. The van der Waals surface area contributed by atoms with E-state index in [1.165, 1.54) is 0 Å². The van der Waals surface area contributed by atoms with Crippen LogP contribution in [-0.4, -0.2) is 136 Å². The van der Waals surface area contributed by atoms with Gasteiger partial charge in [-0.3, -0.25) is 9.78 Å². The van der Waals surface area contributed by atoms with E-state index in [0.29, 0.717) is 129 Å². The number of fused-ring (bicyclic) bond motifs is 3. The molecule has 6 rings (SSSR count). The van der Waals surface area contributed by atoms with Gasteiger partial charge in [-0.05, 0) is 65.0 Å². The molecular weight excluding hydrogens is 845 g/mol. The molecule has 0 spiro atoms. The number of morpholine rings is 1. The van der Waals surface area contributed by atoms with E-state index in [4.69, 9.17) is 70.9 Å². The number of nitrogens with one attached hydrogen (secondary N) is 1. The number of halogens is 2. The number of pyridine rings is 1. The van der Waals surface area contributed by atoms with Crippen molar-refractivity contribution in [3.05, 3.63) is 70.1 Å². The lowest BCUT2D eigenvalue weighted by Gasteiger charge is -2.41. The third-order valence-electron chi connectivity index (χ3n) is 9.65. The summed E-state index contributed by atoms with van der Waals surface area (Å²) in [5.41, 5.74) is 3.23. The second kappa shape index (κ2) is 21.6. The number of hydrogen-bond acceptors (Lipinski definition) is 13. The van der Waals surface area contributed by atoms with Gasteiger partial charge in [0.05, 0.1) is 96.3 Å². The molecule has 336 valence electrons. The first-order valence-corrected chi connectivity index (χ1v) is 21.2. The van der Waals surface area contributed by atoms with Crippen LogP contribution >= 0.6 is 23.2 Å². The largest absolute Gasteiger partial charge is 0.496 e. The molecule has 2 aliphatic rings. The fraction of sp³-hybridized carbons (Fsp3) is 0.500. The molecule has 0 atom stereocenters. The number of aromatic nitrogens is 3. The maximum Gasteiger partial charge on any atom is 0.407 e. The molecule has 16 nitrogen and oxygen atoms in total. The summed E-state index contributed by atoms with van der Waals surface area (Å²) in [5.74, 6) is 1.43. The zero-order valence-electron chi connectivity index (χ0n) is 36.1. The van der Waals surface area contributed by atoms with Crippen LogP contribution in [0.5, 0.6) is 17.2 Å². The number of methoxy groups -OCH3 is 1. The molecule has 4 heterocycles. The summed E-state index contributed by atoms with van der Waals surface area (Å²) in [4.78, 5) is 32.2. The van der Waals surface area contributed by atoms with Crippen molar-refractivity contribution in [3.63, 3.8) is 0 Å². The van der Waals surface area contributed by atoms with E-state index in [2.05, 4.69) is 10.3 Å². The highest BCUT2D eigenvalue weighted by Crippen LogP contribution is 2.47. The normalized spacial score (nSPS) is 14.4. The number of amides is 2. The van der Waals surface area contributed by atoms with E-state index < -0.39 is 17.2 Å². The highest BCUT2D eigenvalue weighted by molar-refractivity contribution is 6.34. The van der Waals surface area contributed by atoms with Crippen molar-refractivity contribution in [2.24, 2.45) is 0 Å². The maximum absolute atomic E-state index is 14.3. The molecule has 1 N–H and O–H groups in total. The molecule has 18 heteroatoms. The summed E-state index contributed by atoms with van der Waals surface area (Å²) in [6, 6.07) is 10.8. The number of nitrogens with zero attached hydrogens (tertiary/aromatic N) is 4. The lowest BCUT2D eigenvalue weighted by atomic mass is 9.95. The van der Waals surface area contributed by atoms with Crippen LogP contribution in [0.3, 0.4) is 0 Å². The van der Waals surface area contributed by atoms with Gasteiger partial charge in [0.15, 0.2) is 5.69 Å². The highest BCUT2D eigenvalue weighted by atomic mass is 35.5. The number of hydrogen-bond donors (Lipinski definition) is 1. The highest BCUT2D eigenvalue weighted by Gasteiger charge is 2.39. The second-order valence-corrected chi connectivity index (χ2v) is 16.9. The Hall–Kier alpha value is -4.68. The molecule has 2 aromatic carbocycles. The van der Waals surface area contributed by atoms with Gasteiger partial charge < -0.3 is 52.8 Å². The third kappa shape index (κ3) is 12.5. The van der Waals surface area contributed by atoms with Crippen molar-refractivity contribution in [2.75, 3.05) is 92.9 Å². The maximum atomic E-state index is 14.3. The zero-order valence-corrected chi connectivity index (χ0v) is 37.6. The first kappa shape index (κ1) is 46.8. The monoisotopic (exact) mass is 899 g/mol. The predicted octanol–water partition coefficient (Wildman–Crippen LogP) is 7.03. The van der Waals surface area contributed by atoms with Crippen LogP contribution in [0.15, 0.2) is 48.8 Å². The number of carbonyl (C=O) groups is 2. The minimum absolute atomic E-state index is 0.106. The van der Waals surface area contributed by atoms with Gasteiger partial charge in [0, 0.05) is 57.7 Å². The van der Waals surface area contributed by atoms with Crippen molar-refractivity contribution in [1.82, 2.24) is 25.0 Å². The number of rotatable bonds is 20. The molecule has 2 aromatic heterocycles. The molecule has 0 saturated carbocycles. The molecular formula is C44H55Cl2N5O11. The molecule has 4 aromatic rings. The summed E-state index contributed by atoms with van der Waals surface area (Å²) >= 11 is 13.0. The van der Waals surface area contributed by atoms with Crippen LogP contribution in [0.2, 0.25) is 10.0 Å². The summed E-state index contributed by atoms with van der Waals surface area (Å²) in [7, 11) is 1.59. The minimum atomic E-state index is -0.541. The number of carbonyl (C=O) groups excluding carboxylic acids is 2. The lowest BCUT2D eigenvalue weighted by molar-refractivity contribution is -0.0374. The van der Waals surface area contributed by atoms with E-state index in [1.54, 1.807) is 47.3 Å². The Morgan fingerprint density at radius 2 is 1.52 bits per heavy atom. The van der Waals surface area contributed by atoms with Gasteiger partial charge in [0.2, 0.25) is 0 Å². The first-order chi connectivity index (χ1) is 29.7. The Balaban J connectivity index is 1.03. The minimum Gasteiger partial charge on any atom is -0.496 e.